The zero-order valence-electron chi connectivity index (χ0n) is 15.2. The van der Waals surface area contributed by atoms with E-state index in [9.17, 15) is 14.4 Å². The topological polar surface area (TPSA) is 97.5 Å². The fraction of sp³-hybridized carbons (Fsp3) is 0.316. The zero-order chi connectivity index (χ0) is 19.3. The highest BCUT2D eigenvalue weighted by Gasteiger charge is 2.24. The summed E-state index contributed by atoms with van der Waals surface area (Å²) in [6.07, 6.45) is 0. The van der Waals surface area contributed by atoms with E-state index in [-0.39, 0.29) is 11.7 Å². The molecule has 2 N–H and O–H groups in total. The second-order valence-electron chi connectivity index (χ2n) is 5.89. The maximum Gasteiger partial charge on any atom is 0.355 e. The zero-order valence-corrected chi connectivity index (χ0v) is 15.2. The van der Waals surface area contributed by atoms with Crippen molar-refractivity contribution < 1.29 is 23.9 Å². The fourth-order valence-corrected chi connectivity index (χ4v) is 2.67. The maximum atomic E-state index is 12.2. The molecular formula is C19H22N2O5. The van der Waals surface area contributed by atoms with Crippen LogP contribution in [0.15, 0.2) is 30.3 Å². The SMILES string of the molecule is COC(=O)c1c(C)[nH]c(C(=O)OCC(=O)N[C@@H](C)c2ccccc2)c1C. The molecule has 1 atom stereocenters. The molecular weight excluding hydrogens is 336 g/mol. The van der Waals surface area contributed by atoms with Crippen molar-refractivity contribution in [2.45, 2.75) is 26.8 Å². The lowest BCUT2D eigenvalue weighted by atomic mass is 10.1. The summed E-state index contributed by atoms with van der Waals surface area (Å²) in [5, 5.41) is 2.76. The van der Waals surface area contributed by atoms with Gasteiger partial charge in [-0.1, -0.05) is 30.3 Å². The summed E-state index contributed by atoms with van der Waals surface area (Å²) >= 11 is 0. The number of amides is 1. The molecule has 0 fully saturated rings. The number of aromatic amines is 1. The van der Waals surface area contributed by atoms with Gasteiger partial charge in [0, 0.05) is 5.69 Å². The van der Waals surface area contributed by atoms with Crippen LogP contribution in [-0.2, 0) is 14.3 Å². The quantitative estimate of drug-likeness (QED) is 0.773. The molecule has 1 amide bonds. The highest BCUT2D eigenvalue weighted by atomic mass is 16.5. The van der Waals surface area contributed by atoms with Gasteiger partial charge in [-0.25, -0.2) is 9.59 Å². The van der Waals surface area contributed by atoms with E-state index < -0.39 is 24.5 Å². The Balaban J connectivity index is 1.96. The van der Waals surface area contributed by atoms with Gasteiger partial charge in [-0.3, -0.25) is 4.79 Å². The molecule has 0 aliphatic rings. The molecule has 0 saturated carbocycles. The number of carbonyl (C=O) groups excluding carboxylic acids is 3. The molecule has 0 bridgehead atoms. The van der Waals surface area contributed by atoms with Crippen LogP contribution in [0.1, 0.15) is 50.6 Å². The second kappa shape index (κ2) is 8.33. The van der Waals surface area contributed by atoms with Crippen LogP contribution in [0.5, 0.6) is 0 Å². The Morgan fingerprint density at radius 3 is 2.38 bits per heavy atom. The van der Waals surface area contributed by atoms with Gasteiger partial charge >= 0.3 is 11.9 Å². The average molecular weight is 358 g/mol. The van der Waals surface area contributed by atoms with E-state index in [0.29, 0.717) is 16.8 Å². The third-order valence-corrected chi connectivity index (χ3v) is 4.04. The molecule has 0 aliphatic carbocycles. The second-order valence-corrected chi connectivity index (χ2v) is 5.89. The standard InChI is InChI=1S/C19H22N2O5/c1-11-16(18(23)25-4)13(3)21-17(11)19(24)26-10-15(22)20-12(2)14-8-6-5-7-9-14/h5-9,12,21H,10H2,1-4H3,(H,20,22)/t12-/m0/s1. The van der Waals surface area contributed by atoms with Crippen LogP contribution in [0.4, 0.5) is 0 Å². The molecule has 1 aromatic heterocycles. The minimum atomic E-state index is -0.705. The minimum Gasteiger partial charge on any atom is -0.465 e. The number of hydrogen-bond donors (Lipinski definition) is 2. The summed E-state index contributed by atoms with van der Waals surface area (Å²) < 4.78 is 9.75. The number of ether oxygens (including phenoxy) is 2. The first kappa shape index (κ1) is 19.2. The molecule has 1 aromatic carbocycles. The number of esters is 2. The summed E-state index contributed by atoms with van der Waals surface area (Å²) in [5.74, 6) is -1.66. The third kappa shape index (κ3) is 4.30. The molecule has 0 aliphatic heterocycles. The summed E-state index contributed by atoms with van der Waals surface area (Å²) in [7, 11) is 1.27. The molecule has 7 heteroatoms. The average Bonchev–Trinajstić information content (AvgIpc) is 2.94. The molecule has 1 heterocycles. The van der Waals surface area contributed by atoms with Gasteiger partial charge in [-0.15, -0.1) is 0 Å². The van der Waals surface area contributed by atoms with Gasteiger partial charge in [-0.05, 0) is 31.9 Å². The van der Waals surface area contributed by atoms with Crippen molar-refractivity contribution in [3.8, 4) is 0 Å². The van der Waals surface area contributed by atoms with E-state index in [2.05, 4.69) is 10.3 Å². The van der Waals surface area contributed by atoms with E-state index in [1.165, 1.54) is 7.11 Å². The lowest BCUT2D eigenvalue weighted by Crippen LogP contribution is -2.31. The van der Waals surface area contributed by atoms with Gasteiger partial charge in [0.25, 0.3) is 5.91 Å². The number of H-pyrrole nitrogens is 1. The Morgan fingerprint density at radius 2 is 1.77 bits per heavy atom. The van der Waals surface area contributed by atoms with E-state index >= 15 is 0 Å². The Labute approximate surface area is 151 Å². The van der Waals surface area contributed by atoms with Gasteiger partial charge in [0.05, 0.1) is 18.7 Å². The van der Waals surface area contributed by atoms with Crippen molar-refractivity contribution in [1.82, 2.24) is 10.3 Å². The first-order valence-corrected chi connectivity index (χ1v) is 8.14. The number of aromatic nitrogens is 1. The molecule has 2 aromatic rings. The van der Waals surface area contributed by atoms with Gasteiger partial charge < -0.3 is 19.8 Å². The largest absolute Gasteiger partial charge is 0.465 e. The van der Waals surface area contributed by atoms with Crippen molar-refractivity contribution in [2.75, 3.05) is 13.7 Å². The number of hydrogen-bond acceptors (Lipinski definition) is 5. The minimum absolute atomic E-state index is 0.131. The van der Waals surface area contributed by atoms with Crippen molar-refractivity contribution in [1.29, 1.82) is 0 Å². The molecule has 0 radical (unpaired) electrons. The number of nitrogens with one attached hydrogen (secondary N) is 2. The first-order chi connectivity index (χ1) is 12.3. The van der Waals surface area contributed by atoms with Crippen molar-refractivity contribution in [2.24, 2.45) is 0 Å². The Hall–Kier alpha value is -3.09. The van der Waals surface area contributed by atoms with E-state index in [0.717, 1.165) is 5.56 Å². The summed E-state index contributed by atoms with van der Waals surface area (Å²) in [5.41, 5.74) is 2.31. The summed E-state index contributed by atoms with van der Waals surface area (Å²) in [4.78, 5) is 38.8. The highest BCUT2D eigenvalue weighted by molar-refractivity contribution is 5.99. The van der Waals surface area contributed by atoms with Crippen LogP contribution in [0.3, 0.4) is 0 Å². The lowest BCUT2D eigenvalue weighted by Gasteiger charge is -2.14. The normalized spacial score (nSPS) is 11.5. The van der Waals surface area contributed by atoms with Crippen LogP contribution >= 0.6 is 0 Å². The predicted molar refractivity (Wildman–Crippen MR) is 94.9 cm³/mol. The number of rotatable bonds is 6. The number of methoxy groups -OCH3 is 1. The van der Waals surface area contributed by atoms with Crippen LogP contribution < -0.4 is 5.32 Å². The van der Waals surface area contributed by atoms with Gasteiger partial charge in [0.1, 0.15) is 5.69 Å². The fourth-order valence-electron chi connectivity index (χ4n) is 2.67. The smallest absolute Gasteiger partial charge is 0.355 e. The maximum absolute atomic E-state index is 12.2. The molecule has 26 heavy (non-hydrogen) atoms. The lowest BCUT2D eigenvalue weighted by molar-refractivity contribution is -0.124. The van der Waals surface area contributed by atoms with Gasteiger partial charge in [0.2, 0.25) is 0 Å². The van der Waals surface area contributed by atoms with E-state index in [1.54, 1.807) is 13.8 Å². The highest BCUT2D eigenvalue weighted by Crippen LogP contribution is 2.19. The molecule has 7 nitrogen and oxygen atoms in total. The summed E-state index contributed by atoms with van der Waals surface area (Å²) in [6.45, 7) is 4.70. The third-order valence-electron chi connectivity index (χ3n) is 4.04. The molecule has 138 valence electrons. The Bertz CT molecular complexity index is 811. The Morgan fingerprint density at radius 1 is 1.12 bits per heavy atom. The van der Waals surface area contributed by atoms with Crippen molar-refractivity contribution in [3.05, 3.63) is 58.4 Å². The van der Waals surface area contributed by atoms with Crippen molar-refractivity contribution >= 4 is 17.8 Å². The molecule has 0 saturated heterocycles. The Kier molecular flexibility index (Phi) is 6.16. The van der Waals surface area contributed by atoms with Crippen LogP contribution in [0.25, 0.3) is 0 Å². The van der Waals surface area contributed by atoms with Crippen LogP contribution in [-0.4, -0.2) is 36.5 Å². The monoisotopic (exact) mass is 358 g/mol. The predicted octanol–water partition coefficient (Wildman–Crippen LogP) is 2.45. The number of carbonyl (C=O) groups is 3. The summed E-state index contributed by atoms with van der Waals surface area (Å²) in [6, 6.07) is 9.25. The van der Waals surface area contributed by atoms with E-state index in [1.807, 2.05) is 37.3 Å². The molecule has 0 spiro atoms. The first-order valence-electron chi connectivity index (χ1n) is 8.14. The number of benzene rings is 1. The van der Waals surface area contributed by atoms with E-state index in [4.69, 9.17) is 9.47 Å². The van der Waals surface area contributed by atoms with Crippen molar-refractivity contribution in [3.63, 3.8) is 0 Å². The number of aryl methyl sites for hydroxylation is 1. The van der Waals surface area contributed by atoms with Crippen LogP contribution in [0, 0.1) is 13.8 Å². The molecule has 2 rings (SSSR count). The van der Waals surface area contributed by atoms with Gasteiger partial charge in [-0.2, -0.15) is 0 Å². The molecule has 0 unspecified atom stereocenters. The van der Waals surface area contributed by atoms with Gasteiger partial charge in [0.15, 0.2) is 6.61 Å². The van der Waals surface area contributed by atoms with Crippen LogP contribution in [0.2, 0.25) is 0 Å².